The maximum atomic E-state index is 13.1. The first-order chi connectivity index (χ1) is 14.4. The minimum absolute atomic E-state index is 0.133. The van der Waals surface area contributed by atoms with Gasteiger partial charge in [-0.15, -0.1) is 0 Å². The highest BCUT2D eigenvalue weighted by Crippen LogP contribution is 2.24. The maximum absolute atomic E-state index is 13.1. The van der Waals surface area contributed by atoms with Crippen molar-refractivity contribution in [3.63, 3.8) is 0 Å². The van der Waals surface area contributed by atoms with Gasteiger partial charge in [0.1, 0.15) is 0 Å². The number of ether oxygens (including phenoxy) is 1. The van der Waals surface area contributed by atoms with Crippen LogP contribution in [-0.4, -0.2) is 55.2 Å². The van der Waals surface area contributed by atoms with Crippen molar-refractivity contribution < 1.29 is 9.53 Å². The molecule has 0 atom stereocenters. The summed E-state index contributed by atoms with van der Waals surface area (Å²) in [6.07, 6.45) is 0. The van der Waals surface area contributed by atoms with Gasteiger partial charge in [0.25, 0.3) is 0 Å². The number of rotatable bonds is 7. The SMILES string of the molecule is CC(C)c1ccc(NC(=O)N(CCN2CCOCC2)Cc2ccc(Cl)c(Cl)c2)cc1. The summed E-state index contributed by atoms with van der Waals surface area (Å²) in [4.78, 5) is 17.2. The van der Waals surface area contributed by atoms with Crippen molar-refractivity contribution in [3.8, 4) is 0 Å². The van der Waals surface area contributed by atoms with Crippen molar-refractivity contribution in [3.05, 3.63) is 63.6 Å². The third-order valence-corrected chi connectivity index (χ3v) is 6.00. The van der Waals surface area contributed by atoms with E-state index in [-0.39, 0.29) is 6.03 Å². The zero-order valence-electron chi connectivity index (χ0n) is 17.5. The van der Waals surface area contributed by atoms with Crippen LogP contribution in [-0.2, 0) is 11.3 Å². The van der Waals surface area contributed by atoms with E-state index in [0.717, 1.165) is 44.1 Å². The van der Waals surface area contributed by atoms with Crippen LogP contribution in [0.1, 0.15) is 30.9 Å². The number of benzene rings is 2. The Morgan fingerprint density at radius 2 is 1.80 bits per heavy atom. The monoisotopic (exact) mass is 449 g/mol. The van der Waals surface area contributed by atoms with Gasteiger partial charge in [-0.3, -0.25) is 4.90 Å². The Morgan fingerprint density at radius 3 is 2.43 bits per heavy atom. The second-order valence-electron chi connectivity index (χ2n) is 7.83. The average molecular weight is 450 g/mol. The fourth-order valence-corrected chi connectivity index (χ4v) is 3.67. The Labute approximate surface area is 188 Å². The van der Waals surface area contributed by atoms with Gasteiger partial charge in [-0.1, -0.05) is 55.2 Å². The van der Waals surface area contributed by atoms with Crippen molar-refractivity contribution in [1.82, 2.24) is 9.80 Å². The van der Waals surface area contributed by atoms with Gasteiger partial charge in [0.15, 0.2) is 0 Å². The minimum Gasteiger partial charge on any atom is -0.379 e. The number of nitrogens with one attached hydrogen (secondary N) is 1. The first-order valence-electron chi connectivity index (χ1n) is 10.3. The number of nitrogens with zero attached hydrogens (tertiary/aromatic N) is 2. The van der Waals surface area contributed by atoms with Crippen molar-refractivity contribution in [2.24, 2.45) is 0 Å². The smallest absolute Gasteiger partial charge is 0.322 e. The van der Waals surface area contributed by atoms with Crippen LogP contribution < -0.4 is 5.32 Å². The van der Waals surface area contributed by atoms with Gasteiger partial charge in [-0.2, -0.15) is 0 Å². The van der Waals surface area contributed by atoms with Crippen LogP contribution in [0.2, 0.25) is 10.0 Å². The van der Waals surface area contributed by atoms with Gasteiger partial charge in [-0.25, -0.2) is 4.79 Å². The van der Waals surface area contributed by atoms with Crippen LogP contribution in [0, 0.1) is 0 Å². The van der Waals surface area contributed by atoms with E-state index in [4.69, 9.17) is 27.9 Å². The van der Waals surface area contributed by atoms with E-state index in [1.807, 2.05) is 29.2 Å². The molecule has 1 heterocycles. The van der Waals surface area contributed by atoms with Crippen molar-refractivity contribution in [1.29, 1.82) is 0 Å². The molecule has 3 rings (SSSR count). The molecule has 1 N–H and O–H groups in total. The number of carbonyl (C=O) groups is 1. The first-order valence-corrected chi connectivity index (χ1v) is 11.1. The number of carbonyl (C=O) groups excluding carboxylic acids is 1. The summed E-state index contributed by atoms with van der Waals surface area (Å²) in [5.74, 6) is 0.453. The highest BCUT2D eigenvalue weighted by molar-refractivity contribution is 6.42. The second kappa shape index (κ2) is 11.0. The molecule has 0 radical (unpaired) electrons. The summed E-state index contributed by atoms with van der Waals surface area (Å²) in [5.41, 5.74) is 2.97. The molecule has 0 aromatic heterocycles. The average Bonchev–Trinajstić information content (AvgIpc) is 2.74. The largest absolute Gasteiger partial charge is 0.379 e. The highest BCUT2D eigenvalue weighted by atomic mass is 35.5. The van der Waals surface area contributed by atoms with Crippen LogP contribution in [0.15, 0.2) is 42.5 Å². The van der Waals surface area contributed by atoms with Gasteiger partial charge in [0, 0.05) is 38.4 Å². The van der Waals surface area contributed by atoms with Crippen LogP contribution >= 0.6 is 23.2 Å². The fraction of sp³-hybridized carbons (Fsp3) is 0.435. The molecule has 2 amide bonds. The lowest BCUT2D eigenvalue weighted by molar-refractivity contribution is 0.0349. The van der Waals surface area contributed by atoms with Crippen molar-refractivity contribution >= 4 is 34.9 Å². The molecule has 0 unspecified atom stereocenters. The van der Waals surface area contributed by atoms with E-state index in [1.165, 1.54) is 5.56 Å². The lowest BCUT2D eigenvalue weighted by Gasteiger charge is -2.30. The van der Waals surface area contributed by atoms with E-state index in [1.54, 1.807) is 6.07 Å². The Kier molecular flexibility index (Phi) is 8.40. The zero-order chi connectivity index (χ0) is 21.5. The summed E-state index contributed by atoms with van der Waals surface area (Å²) in [7, 11) is 0. The van der Waals surface area contributed by atoms with Crippen LogP contribution in [0.3, 0.4) is 0 Å². The second-order valence-corrected chi connectivity index (χ2v) is 8.65. The summed E-state index contributed by atoms with van der Waals surface area (Å²) >= 11 is 12.2. The summed E-state index contributed by atoms with van der Waals surface area (Å²) in [6, 6.07) is 13.4. The van der Waals surface area contributed by atoms with Gasteiger partial charge < -0.3 is 15.0 Å². The van der Waals surface area contributed by atoms with E-state index >= 15 is 0 Å². The predicted molar refractivity (Wildman–Crippen MR) is 124 cm³/mol. The summed E-state index contributed by atoms with van der Waals surface area (Å²) < 4.78 is 5.42. The standard InChI is InChI=1S/C23H29Cl2N3O2/c1-17(2)19-4-6-20(7-5-19)26-23(29)28(10-9-27-11-13-30-14-12-27)16-18-3-8-21(24)22(25)15-18/h3-8,15,17H,9-14,16H2,1-2H3,(H,26,29). The van der Waals surface area contributed by atoms with Crippen molar-refractivity contribution in [2.45, 2.75) is 26.3 Å². The van der Waals surface area contributed by atoms with Gasteiger partial charge in [0.2, 0.25) is 0 Å². The number of halogens is 2. The molecule has 0 spiro atoms. The summed E-state index contributed by atoms with van der Waals surface area (Å²) in [5, 5.41) is 4.03. The molecule has 1 aliphatic rings. The molecule has 1 fully saturated rings. The molecule has 0 bridgehead atoms. The Morgan fingerprint density at radius 1 is 1.10 bits per heavy atom. The quantitative estimate of drug-likeness (QED) is 0.608. The number of hydrogen-bond acceptors (Lipinski definition) is 3. The molecule has 2 aromatic rings. The van der Waals surface area contributed by atoms with E-state index in [0.29, 0.717) is 29.1 Å². The number of urea groups is 1. The molecule has 0 saturated carbocycles. The van der Waals surface area contributed by atoms with E-state index < -0.39 is 0 Å². The van der Waals surface area contributed by atoms with E-state index in [9.17, 15) is 4.79 Å². The highest BCUT2D eigenvalue weighted by Gasteiger charge is 2.18. The molecule has 1 saturated heterocycles. The van der Waals surface area contributed by atoms with Crippen LogP contribution in [0.5, 0.6) is 0 Å². The number of amides is 2. The predicted octanol–water partition coefficient (Wildman–Crippen LogP) is 5.48. The first kappa shape index (κ1) is 22.9. The van der Waals surface area contributed by atoms with Crippen LogP contribution in [0.4, 0.5) is 10.5 Å². The molecule has 2 aromatic carbocycles. The Hall–Kier alpha value is -1.79. The third-order valence-electron chi connectivity index (χ3n) is 5.26. The van der Waals surface area contributed by atoms with E-state index in [2.05, 4.69) is 36.2 Å². The zero-order valence-corrected chi connectivity index (χ0v) is 19.0. The molecule has 162 valence electrons. The number of hydrogen-bond donors (Lipinski definition) is 1. The van der Waals surface area contributed by atoms with Gasteiger partial charge >= 0.3 is 6.03 Å². The lowest BCUT2D eigenvalue weighted by Crippen LogP contribution is -2.44. The Bertz CT molecular complexity index is 837. The van der Waals surface area contributed by atoms with Gasteiger partial charge in [0.05, 0.1) is 23.3 Å². The molecule has 1 aliphatic heterocycles. The van der Waals surface area contributed by atoms with Gasteiger partial charge in [-0.05, 0) is 41.3 Å². The number of anilines is 1. The minimum atomic E-state index is -0.133. The lowest BCUT2D eigenvalue weighted by atomic mass is 10.0. The third kappa shape index (κ3) is 6.61. The summed E-state index contributed by atoms with van der Waals surface area (Å²) in [6.45, 7) is 9.41. The molecular weight excluding hydrogens is 421 g/mol. The fourth-order valence-electron chi connectivity index (χ4n) is 3.35. The Balaban J connectivity index is 1.69. The maximum Gasteiger partial charge on any atom is 0.322 e. The molecule has 7 heteroatoms. The molecule has 0 aliphatic carbocycles. The van der Waals surface area contributed by atoms with Crippen LogP contribution in [0.25, 0.3) is 0 Å². The van der Waals surface area contributed by atoms with Crippen molar-refractivity contribution in [2.75, 3.05) is 44.7 Å². The molecule has 5 nitrogen and oxygen atoms in total. The molecular formula is C23H29Cl2N3O2. The topological polar surface area (TPSA) is 44.8 Å². The molecule has 30 heavy (non-hydrogen) atoms. The number of morpholine rings is 1. The normalized spacial score (nSPS) is 14.7.